The van der Waals surface area contributed by atoms with E-state index in [2.05, 4.69) is 26.1 Å². The lowest BCUT2D eigenvalue weighted by Gasteiger charge is -2.32. The van der Waals surface area contributed by atoms with Crippen molar-refractivity contribution in [3.63, 3.8) is 0 Å². The van der Waals surface area contributed by atoms with E-state index in [1.165, 1.54) is 0 Å². The SMILES string of the molecule is CCCC1C(=O)NC(=O)CC1C(C)C. The number of hydrogen-bond donors (Lipinski definition) is 1. The predicted octanol–water partition coefficient (Wildman–Crippen LogP) is 1.72. The van der Waals surface area contributed by atoms with E-state index in [1.54, 1.807) is 0 Å². The molecule has 1 fully saturated rings. The molecule has 80 valence electrons. The van der Waals surface area contributed by atoms with Crippen LogP contribution in [0.1, 0.15) is 40.0 Å². The lowest BCUT2D eigenvalue weighted by molar-refractivity contribution is -0.140. The number of imide groups is 1. The Morgan fingerprint density at radius 2 is 2.07 bits per heavy atom. The molecule has 0 saturated carbocycles. The van der Waals surface area contributed by atoms with Crippen LogP contribution in [-0.4, -0.2) is 11.8 Å². The third-order valence-electron chi connectivity index (χ3n) is 2.99. The Hall–Kier alpha value is -0.860. The fraction of sp³-hybridized carbons (Fsp3) is 0.818. The maximum Gasteiger partial charge on any atom is 0.229 e. The van der Waals surface area contributed by atoms with Crippen molar-refractivity contribution in [3.8, 4) is 0 Å². The van der Waals surface area contributed by atoms with E-state index in [9.17, 15) is 9.59 Å². The van der Waals surface area contributed by atoms with Crippen LogP contribution in [0.25, 0.3) is 0 Å². The maximum absolute atomic E-state index is 11.6. The first kappa shape index (κ1) is 11.2. The Bertz CT molecular complexity index is 235. The van der Waals surface area contributed by atoms with Crippen molar-refractivity contribution in [2.45, 2.75) is 40.0 Å². The second-order valence-electron chi connectivity index (χ2n) is 4.42. The molecule has 14 heavy (non-hydrogen) atoms. The van der Waals surface area contributed by atoms with Gasteiger partial charge in [0, 0.05) is 12.3 Å². The highest BCUT2D eigenvalue weighted by atomic mass is 16.2. The van der Waals surface area contributed by atoms with Gasteiger partial charge in [0.1, 0.15) is 0 Å². The van der Waals surface area contributed by atoms with E-state index in [1.807, 2.05) is 0 Å². The van der Waals surface area contributed by atoms with Gasteiger partial charge in [-0.05, 0) is 18.3 Å². The summed E-state index contributed by atoms with van der Waals surface area (Å²) in [6.45, 7) is 6.24. The van der Waals surface area contributed by atoms with E-state index in [0.717, 1.165) is 12.8 Å². The van der Waals surface area contributed by atoms with E-state index in [0.29, 0.717) is 12.3 Å². The first-order valence-electron chi connectivity index (χ1n) is 5.40. The third kappa shape index (κ3) is 2.34. The summed E-state index contributed by atoms with van der Waals surface area (Å²) in [4.78, 5) is 22.8. The van der Waals surface area contributed by atoms with Crippen molar-refractivity contribution in [1.29, 1.82) is 0 Å². The van der Waals surface area contributed by atoms with E-state index in [-0.39, 0.29) is 23.7 Å². The van der Waals surface area contributed by atoms with Crippen molar-refractivity contribution >= 4 is 11.8 Å². The van der Waals surface area contributed by atoms with Gasteiger partial charge in [-0.25, -0.2) is 0 Å². The Labute approximate surface area is 85.3 Å². The predicted molar refractivity (Wildman–Crippen MR) is 54.5 cm³/mol. The number of rotatable bonds is 3. The topological polar surface area (TPSA) is 46.2 Å². The summed E-state index contributed by atoms with van der Waals surface area (Å²) in [5, 5.41) is 2.42. The van der Waals surface area contributed by atoms with Gasteiger partial charge in [0.25, 0.3) is 0 Å². The molecule has 1 aliphatic rings. The lowest BCUT2D eigenvalue weighted by Crippen LogP contribution is -2.47. The molecule has 0 aromatic rings. The molecule has 2 amide bonds. The molecular weight excluding hydrogens is 178 g/mol. The zero-order chi connectivity index (χ0) is 10.7. The Morgan fingerprint density at radius 1 is 1.43 bits per heavy atom. The molecule has 0 spiro atoms. The summed E-state index contributed by atoms with van der Waals surface area (Å²) in [5.74, 6) is 0.498. The number of carbonyl (C=O) groups is 2. The Balaban J connectivity index is 2.75. The van der Waals surface area contributed by atoms with Crippen molar-refractivity contribution in [2.75, 3.05) is 0 Å². The summed E-state index contributed by atoms with van der Waals surface area (Å²) in [6.07, 6.45) is 2.39. The van der Waals surface area contributed by atoms with Gasteiger partial charge >= 0.3 is 0 Å². The van der Waals surface area contributed by atoms with Crippen LogP contribution in [0.5, 0.6) is 0 Å². The van der Waals surface area contributed by atoms with Gasteiger partial charge < -0.3 is 0 Å². The van der Waals surface area contributed by atoms with Crippen LogP contribution in [0, 0.1) is 17.8 Å². The monoisotopic (exact) mass is 197 g/mol. The number of hydrogen-bond acceptors (Lipinski definition) is 2. The summed E-state index contributed by atoms with van der Waals surface area (Å²) >= 11 is 0. The zero-order valence-corrected chi connectivity index (χ0v) is 9.17. The molecule has 1 heterocycles. The molecule has 3 heteroatoms. The molecule has 3 nitrogen and oxygen atoms in total. The average Bonchev–Trinajstić information content (AvgIpc) is 2.09. The minimum Gasteiger partial charge on any atom is -0.296 e. The first-order valence-corrected chi connectivity index (χ1v) is 5.40. The molecule has 2 atom stereocenters. The minimum atomic E-state index is -0.110. The summed E-state index contributed by atoms with van der Waals surface area (Å²) in [5.41, 5.74) is 0. The maximum atomic E-state index is 11.6. The van der Waals surface area contributed by atoms with Gasteiger partial charge in [-0.15, -0.1) is 0 Å². The Morgan fingerprint density at radius 3 is 2.57 bits per heavy atom. The fourth-order valence-electron chi connectivity index (χ4n) is 2.19. The quantitative estimate of drug-likeness (QED) is 0.700. The van der Waals surface area contributed by atoms with Gasteiger partial charge in [0.05, 0.1) is 0 Å². The summed E-state index contributed by atoms with van der Waals surface area (Å²) in [6, 6.07) is 0. The van der Waals surface area contributed by atoms with Crippen LogP contribution >= 0.6 is 0 Å². The summed E-state index contributed by atoms with van der Waals surface area (Å²) < 4.78 is 0. The van der Waals surface area contributed by atoms with Crippen molar-refractivity contribution < 1.29 is 9.59 Å². The zero-order valence-electron chi connectivity index (χ0n) is 9.17. The van der Waals surface area contributed by atoms with Crippen molar-refractivity contribution in [2.24, 2.45) is 17.8 Å². The van der Waals surface area contributed by atoms with Crippen LogP contribution in [-0.2, 0) is 9.59 Å². The van der Waals surface area contributed by atoms with E-state index in [4.69, 9.17) is 0 Å². The number of piperidine rings is 1. The van der Waals surface area contributed by atoms with Gasteiger partial charge in [-0.1, -0.05) is 27.2 Å². The molecule has 2 unspecified atom stereocenters. The number of carbonyl (C=O) groups excluding carboxylic acids is 2. The largest absolute Gasteiger partial charge is 0.296 e. The molecule has 1 N–H and O–H groups in total. The highest BCUT2D eigenvalue weighted by molar-refractivity contribution is 5.99. The second-order valence-corrected chi connectivity index (χ2v) is 4.42. The molecule has 1 saturated heterocycles. The minimum absolute atomic E-state index is 0.0395. The molecular formula is C11H19NO2. The molecule has 0 bridgehead atoms. The van der Waals surface area contributed by atoms with Gasteiger partial charge in [0.2, 0.25) is 11.8 Å². The van der Waals surface area contributed by atoms with Crippen LogP contribution in [0.2, 0.25) is 0 Å². The summed E-state index contributed by atoms with van der Waals surface area (Å²) in [7, 11) is 0. The molecule has 0 aromatic carbocycles. The lowest BCUT2D eigenvalue weighted by atomic mass is 9.76. The molecule has 0 aliphatic carbocycles. The van der Waals surface area contributed by atoms with Crippen molar-refractivity contribution in [1.82, 2.24) is 5.32 Å². The Kier molecular flexibility index (Phi) is 3.67. The van der Waals surface area contributed by atoms with E-state index >= 15 is 0 Å². The molecule has 1 aliphatic heterocycles. The smallest absolute Gasteiger partial charge is 0.229 e. The van der Waals surface area contributed by atoms with Crippen molar-refractivity contribution in [3.05, 3.63) is 0 Å². The molecule has 1 rings (SSSR count). The second kappa shape index (κ2) is 4.58. The standard InChI is InChI=1S/C11H19NO2/c1-4-5-8-9(7(2)3)6-10(13)12-11(8)14/h7-9H,4-6H2,1-3H3,(H,12,13,14). The molecule has 0 radical (unpaired) electrons. The first-order chi connectivity index (χ1) is 6.56. The fourth-order valence-corrected chi connectivity index (χ4v) is 2.19. The van der Waals surface area contributed by atoms with Gasteiger partial charge in [-0.3, -0.25) is 14.9 Å². The highest BCUT2D eigenvalue weighted by Gasteiger charge is 2.36. The van der Waals surface area contributed by atoms with Crippen LogP contribution in [0.4, 0.5) is 0 Å². The van der Waals surface area contributed by atoms with Gasteiger partial charge in [-0.2, -0.15) is 0 Å². The number of nitrogens with one attached hydrogen (secondary N) is 1. The van der Waals surface area contributed by atoms with E-state index < -0.39 is 0 Å². The average molecular weight is 197 g/mol. The number of amides is 2. The molecule has 0 aromatic heterocycles. The normalized spacial score (nSPS) is 28.0. The van der Waals surface area contributed by atoms with Gasteiger partial charge in [0.15, 0.2) is 0 Å². The highest BCUT2D eigenvalue weighted by Crippen LogP contribution is 2.30. The van der Waals surface area contributed by atoms with Crippen LogP contribution < -0.4 is 5.32 Å². The van der Waals surface area contributed by atoms with Crippen LogP contribution in [0.15, 0.2) is 0 Å². The van der Waals surface area contributed by atoms with Crippen LogP contribution in [0.3, 0.4) is 0 Å². The third-order valence-corrected chi connectivity index (χ3v) is 2.99.